The number of aryl methyl sites for hydroxylation is 1. The number of nitriles is 1. The highest BCUT2D eigenvalue weighted by Crippen LogP contribution is 2.62. The Labute approximate surface area is 215 Å². The molecule has 3 aromatic rings. The van der Waals surface area contributed by atoms with Gasteiger partial charge in [0.2, 0.25) is 11.8 Å². The number of fused-ring (bicyclic) bond motifs is 6. The average molecular weight is 579 g/mol. The quantitative estimate of drug-likeness (QED) is 0.345. The smallest absolute Gasteiger partial charge is 0.250 e. The lowest BCUT2D eigenvalue weighted by atomic mass is 9.67. The van der Waals surface area contributed by atoms with Crippen LogP contribution >= 0.6 is 22.6 Å². The number of carbonyl (C=O) groups excluding carboxylic acids is 2. The summed E-state index contributed by atoms with van der Waals surface area (Å²) in [6.07, 6.45) is 3.64. The number of rotatable bonds is 4. The highest BCUT2D eigenvalue weighted by atomic mass is 127. The van der Waals surface area contributed by atoms with Crippen molar-refractivity contribution in [2.45, 2.75) is 43.9 Å². The van der Waals surface area contributed by atoms with E-state index in [4.69, 9.17) is 4.74 Å². The molecule has 0 spiro atoms. The molecule has 35 heavy (non-hydrogen) atoms. The summed E-state index contributed by atoms with van der Waals surface area (Å²) in [4.78, 5) is 41.4. The maximum Gasteiger partial charge on any atom is 0.250 e. The molecule has 3 fully saturated rings. The number of pyridine rings is 1. The zero-order valence-corrected chi connectivity index (χ0v) is 21.2. The van der Waals surface area contributed by atoms with Gasteiger partial charge >= 0.3 is 0 Å². The van der Waals surface area contributed by atoms with Crippen LogP contribution in [0.2, 0.25) is 0 Å². The molecule has 2 amide bonds. The van der Waals surface area contributed by atoms with Crippen LogP contribution in [0.4, 0.5) is 5.69 Å². The van der Waals surface area contributed by atoms with E-state index in [-0.39, 0.29) is 17.4 Å². The number of nitrogens with zero attached hydrogens (tertiary/aromatic N) is 3. The molecule has 4 atom stereocenters. The predicted molar refractivity (Wildman–Crippen MR) is 138 cm³/mol. The van der Waals surface area contributed by atoms with Gasteiger partial charge in [-0.25, -0.2) is 4.90 Å². The van der Waals surface area contributed by atoms with Crippen molar-refractivity contribution in [3.63, 3.8) is 0 Å². The van der Waals surface area contributed by atoms with Crippen molar-refractivity contribution in [1.82, 2.24) is 4.57 Å². The molecule has 3 aliphatic rings. The topological polar surface area (TPSA) is 92.4 Å². The van der Waals surface area contributed by atoms with E-state index >= 15 is 0 Å². The normalized spacial score (nSPS) is 29.1. The maximum absolute atomic E-state index is 14.0. The largest absolute Gasteiger partial charge is 0.367 e. The van der Waals surface area contributed by atoms with Crippen LogP contribution in [0, 0.1) is 26.7 Å². The van der Waals surface area contributed by atoms with E-state index in [1.807, 2.05) is 31.2 Å². The predicted octanol–water partition coefficient (Wildman–Crippen LogP) is 4.00. The van der Waals surface area contributed by atoms with Gasteiger partial charge in [0.05, 0.1) is 40.4 Å². The van der Waals surface area contributed by atoms with Gasteiger partial charge in [0.15, 0.2) is 0 Å². The minimum absolute atomic E-state index is 0.100. The van der Waals surface area contributed by atoms with Gasteiger partial charge in [-0.2, -0.15) is 5.26 Å². The lowest BCUT2D eigenvalue weighted by molar-refractivity contribution is -0.130. The van der Waals surface area contributed by atoms with Gasteiger partial charge in [0.1, 0.15) is 0 Å². The molecule has 0 saturated carbocycles. The van der Waals surface area contributed by atoms with Crippen LogP contribution < -0.4 is 10.5 Å². The third-order valence-corrected chi connectivity index (χ3v) is 8.64. The maximum atomic E-state index is 14.0. The van der Waals surface area contributed by atoms with E-state index in [0.717, 1.165) is 3.57 Å². The number of benzene rings is 2. The Morgan fingerprint density at radius 2 is 1.77 bits per heavy atom. The molecule has 176 valence electrons. The van der Waals surface area contributed by atoms with E-state index in [9.17, 15) is 19.6 Å². The number of anilines is 1. The first-order valence-electron chi connectivity index (χ1n) is 11.6. The fourth-order valence-corrected chi connectivity index (χ4v) is 6.93. The van der Waals surface area contributed by atoms with Crippen molar-refractivity contribution in [1.29, 1.82) is 5.26 Å². The van der Waals surface area contributed by atoms with E-state index in [2.05, 4.69) is 28.7 Å². The molecule has 2 aromatic carbocycles. The Kier molecular flexibility index (Phi) is 4.96. The number of aromatic nitrogens is 1. The molecule has 2 unspecified atom stereocenters. The zero-order chi connectivity index (χ0) is 24.5. The Morgan fingerprint density at radius 3 is 2.54 bits per heavy atom. The molecule has 0 radical (unpaired) electrons. The van der Waals surface area contributed by atoms with Crippen molar-refractivity contribution in [2.24, 2.45) is 11.8 Å². The second-order valence-corrected chi connectivity index (χ2v) is 11.1. The van der Waals surface area contributed by atoms with Gasteiger partial charge < -0.3 is 9.30 Å². The van der Waals surface area contributed by atoms with E-state index < -0.39 is 23.0 Å². The number of amides is 2. The minimum atomic E-state index is -0.788. The zero-order valence-electron chi connectivity index (χ0n) is 19.0. The Bertz CT molecular complexity index is 1520. The number of hydrogen-bond acceptors (Lipinski definition) is 5. The van der Waals surface area contributed by atoms with Crippen molar-refractivity contribution in [3.8, 4) is 6.07 Å². The number of ether oxygens (including phenoxy) is 1. The monoisotopic (exact) mass is 579 g/mol. The lowest BCUT2D eigenvalue weighted by Gasteiger charge is -2.31. The fraction of sp³-hybridized carbons (Fsp3) is 0.333. The summed E-state index contributed by atoms with van der Waals surface area (Å²) < 4.78 is 9.13. The van der Waals surface area contributed by atoms with Gasteiger partial charge in [-0.05, 0) is 67.0 Å². The number of halogens is 1. The van der Waals surface area contributed by atoms with Gasteiger partial charge in [0.25, 0.3) is 5.56 Å². The molecule has 3 saturated heterocycles. The number of imide groups is 1. The first-order valence-corrected chi connectivity index (χ1v) is 12.7. The Morgan fingerprint density at radius 1 is 1.03 bits per heavy atom. The molecule has 4 heterocycles. The van der Waals surface area contributed by atoms with Crippen LogP contribution in [0.15, 0.2) is 59.5 Å². The molecule has 0 N–H and O–H groups in total. The molecule has 6 rings (SSSR count). The summed E-state index contributed by atoms with van der Waals surface area (Å²) in [5.74, 6) is -1.66. The summed E-state index contributed by atoms with van der Waals surface area (Å²) >= 11 is 2.17. The first-order chi connectivity index (χ1) is 16.8. The van der Waals surface area contributed by atoms with Crippen LogP contribution in [0.5, 0.6) is 0 Å². The first kappa shape index (κ1) is 22.4. The molecule has 3 aliphatic heterocycles. The third-order valence-electron chi connectivity index (χ3n) is 8.00. The number of hydrogen-bond donors (Lipinski definition) is 0. The second-order valence-electron chi connectivity index (χ2n) is 9.87. The van der Waals surface area contributed by atoms with Gasteiger partial charge in [-0.1, -0.05) is 24.3 Å². The SMILES string of the molecule is CC12CCC(CCn3cc(I)ccc3=O)(O1)[C@H]1C(=O)N(c3ccc(C#N)c4ccccc34)C(=O)[C@H]12. The molecule has 7 nitrogen and oxygen atoms in total. The van der Waals surface area contributed by atoms with Crippen molar-refractivity contribution in [3.05, 3.63) is 74.2 Å². The van der Waals surface area contributed by atoms with Crippen LogP contribution in [0.1, 0.15) is 31.7 Å². The van der Waals surface area contributed by atoms with Gasteiger partial charge in [-0.3, -0.25) is 14.4 Å². The minimum Gasteiger partial charge on any atom is -0.367 e. The molecule has 2 bridgehead atoms. The molecule has 0 aliphatic carbocycles. The summed E-state index contributed by atoms with van der Waals surface area (Å²) in [6.45, 7) is 2.35. The number of carbonyl (C=O) groups is 2. The Balaban J connectivity index is 1.40. The summed E-state index contributed by atoms with van der Waals surface area (Å²) in [6, 6.07) is 16.2. The van der Waals surface area contributed by atoms with Crippen LogP contribution in [-0.4, -0.2) is 27.6 Å². The van der Waals surface area contributed by atoms with E-state index in [1.165, 1.54) is 4.90 Å². The summed E-state index contributed by atoms with van der Waals surface area (Å²) in [5.41, 5.74) is -0.597. The van der Waals surface area contributed by atoms with Crippen LogP contribution in [0.25, 0.3) is 10.8 Å². The third kappa shape index (κ3) is 3.14. The van der Waals surface area contributed by atoms with Crippen molar-refractivity contribution in [2.75, 3.05) is 4.90 Å². The lowest BCUT2D eigenvalue weighted by Crippen LogP contribution is -2.43. The molecular weight excluding hydrogens is 557 g/mol. The van der Waals surface area contributed by atoms with E-state index in [0.29, 0.717) is 47.8 Å². The fourth-order valence-electron chi connectivity index (χ4n) is 6.41. The van der Waals surface area contributed by atoms with Crippen LogP contribution in [0.3, 0.4) is 0 Å². The summed E-state index contributed by atoms with van der Waals surface area (Å²) in [7, 11) is 0. The summed E-state index contributed by atoms with van der Waals surface area (Å²) in [5, 5.41) is 10.9. The molecular formula is C27H22IN3O4. The van der Waals surface area contributed by atoms with Gasteiger partial charge in [0, 0.05) is 33.2 Å². The highest BCUT2D eigenvalue weighted by molar-refractivity contribution is 14.1. The van der Waals surface area contributed by atoms with Crippen molar-refractivity contribution >= 4 is 50.9 Å². The molecule has 1 aromatic heterocycles. The highest BCUT2D eigenvalue weighted by Gasteiger charge is 2.73. The van der Waals surface area contributed by atoms with Crippen LogP contribution in [-0.2, 0) is 20.9 Å². The average Bonchev–Trinajstić information content (AvgIpc) is 3.43. The molecule has 8 heteroatoms. The standard InChI is InChI=1S/C27H22IN3O4/c1-26-10-11-27(35-26,12-13-30-15-17(28)7-9-21(30)32)23-22(26)24(33)31(25(23)34)20-8-6-16(14-29)18-4-2-3-5-19(18)20/h2-9,15,22-23H,10-13H2,1H3/t22-,23+,26?,27?/m0/s1. The Hall–Kier alpha value is -3.03. The van der Waals surface area contributed by atoms with Crippen molar-refractivity contribution < 1.29 is 14.3 Å². The van der Waals surface area contributed by atoms with Gasteiger partial charge in [-0.15, -0.1) is 0 Å². The van der Waals surface area contributed by atoms with E-state index in [1.54, 1.807) is 35.0 Å². The second kappa shape index (κ2) is 7.73.